The minimum Gasteiger partial charge on any atom is -0.324 e. The highest BCUT2D eigenvalue weighted by Gasteiger charge is 2.19. The van der Waals surface area contributed by atoms with Gasteiger partial charge in [0, 0.05) is 10.7 Å². The fourth-order valence-electron chi connectivity index (χ4n) is 3.35. The van der Waals surface area contributed by atoms with Gasteiger partial charge in [-0.3, -0.25) is 18.9 Å². The van der Waals surface area contributed by atoms with Crippen LogP contribution in [0, 0.1) is 6.92 Å². The number of hydrogen-bond acceptors (Lipinski definition) is 5. The Bertz CT molecular complexity index is 1530. The van der Waals surface area contributed by atoms with Crippen LogP contribution in [-0.2, 0) is 21.4 Å². The van der Waals surface area contributed by atoms with Crippen molar-refractivity contribution in [1.29, 1.82) is 0 Å². The van der Waals surface area contributed by atoms with Crippen LogP contribution < -0.4 is 15.6 Å². The number of anilines is 2. The molecule has 1 heterocycles. The second-order valence-corrected chi connectivity index (χ2v) is 9.40. The lowest BCUT2D eigenvalue weighted by molar-refractivity contribution is -0.116. The summed E-state index contributed by atoms with van der Waals surface area (Å²) < 4.78 is 29.7. The number of para-hydroxylation sites is 2. The summed E-state index contributed by atoms with van der Waals surface area (Å²) in [6.45, 7) is 1.40. The van der Waals surface area contributed by atoms with Crippen molar-refractivity contribution in [3.63, 3.8) is 0 Å². The van der Waals surface area contributed by atoms with E-state index >= 15 is 0 Å². The molecule has 0 aliphatic heterocycles. The number of sulfonamides is 1. The van der Waals surface area contributed by atoms with Gasteiger partial charge in [-0.25, -0.2) is 13.4 Å². The van der Waals surface area contributed by atoms with Crippen LogP contribution in [0.4, 0.5) is 11.4 Å². The minimum atomic E-state index is -3.94. The van der Waals surface area contributed by atoms with E-state index in [1.165, 1.54) is 16.7 Å². The molecule has 10 heteroatoms. The molecule has 4 aromatic rings. The van der Waals surface area contributed by atoms with Crippen LogP contribution in [0.25, 0.3) is 11.0 Å². The Balaban J connectivity index is 1.58. The smallest absolute Gasteiger partial charge is 0.269 e. The summed E-state index contributed by atoms with van der Waals surface area (Å²) in [4.78, 5) is 29.0. The molecule has 0 unspecified atom stereocenters. The lowest BCUT2D eigenvalue weighted by Crippen LogP contribution is -2.28. The van der Waals surface area contributed by atoms with E-state index in [-0.39, 0.29) is 17.1 Å². The Kier molecular flexibility index (Phi) is 6.17. The molecule has 4 rings (SSSR count). The summed E-state index contributed by atoms with van der Waals surface area (Å²) in [6.07, 6.45) is 1.16. The van der Waals surface area contributed by atoms with Crippen molar-refractivity contribution in [1.82, 2.24) is 9.55 Å². The number of carbonyl (C=O) groups is 1. The zero-order chi connectivity index (χ0) is 23.6. The predicted molar refractivity (Wildman–Crippen MR) is 128 cm³/mol. The zero-order valence-corrected chi connectivity index (χ0v) is 19.0. The Morgan fingerprint density at radius 1 is 1.03 bits per heavy atom. The van der Waals surface area contributed by atoms with Gasteiger partial charge in [0.1, 0.15) is 6.54 Å². The molecule has 0 radical (unpaired) electrons. The highest BCUT2D eigenvalue weighted by atomic mass is 35.5. The van der Waals surface area contributed by atoms with Crippen molar-refractivity contribution >= 4 is 49.9 Å². The zero-order valence-electron chi connectivity index (χ0n) is 17.4. The van der Waals surface area contributed by atoms with Crippen LogP contribution >= 0.6 is 11.6 Å². The summed E-state index contributed by atoms with van der Waals surface area (Å²) in [5.74, 6) is -0.483. The Morgan fingerprint density at radius 3 is 2.61 bits per heavy atom. The van der Waals surface area contributed by atoms with Gasteiger partial charge in [0.2, 0.25) is 5.91 Å². The molecule has 0 spiro atoms. The maximum atomic E-state index is 12.9. The van der Waals surface area contributed by atoms with Crippen LogP contribution in [0.15, 0.2) is 82.6 Å². The number of nitrogens with zero attached hydrogens (tertiary/aromatic N) is 2. The molecule has 0 saturated carbocycles. The number of fused-ring (bicyclic) bond motifs is 1. The second-order valence-electron chi connectivity index (χ2n) is 7.32. The normalized spacial score (nSPS) is 11.3. The highest BCUT2D eigenvalue weighted by molar-refractivity contribution is 7.92. The second kappa shape index (κ2) is 9.05. The van der Waals surface area contributed by atoms with Gasteiger partial charge in [0.25, 0.3) is 15.6 Å². The molecule has 1 aromatic heterocycles. The number of hydrogen-bond donors (Lipinski definition) is 2. The Hall–Kier alpha value is -3.69. The maximum Gasteiger partial charge on any atom is 0.269 e. The van der Waals surface area contributed by atoms with Crippen molar-refractivity contribution in [3.05, 3.63) is 93.9 Å². The van der Waals surface area contributed by atoms with Gasteiger partial charge >= 0.3 is 0 Å². The average Bonchev–Trinajstić information content (AvgIpc) is 2.77. The predicted octanol–water partition coefficient (Wildman–Crippen LogP) is 3.80. The molecule has 168 valence electrons. The third-order valence-electron chi connectivity index (χ3n) is 4.89. The minimum absolute atomic E-state index is 0.00630. The number of nitrogens with one attached hydrogen (secondary N) is 2. The monoisotopic (exact) mass is 482 g/mol. The Morgan fingerprint density at radius 2 is 1.82 bits per heavy atom. The van der Waals surface area contributed by atoms with Gasteiger partial charge in [0.05, 0.1) is 27.8 Å². The number of benzene rings is 3. The van der Waals surface area contributed by atoms with E-state index < -0.39 is 21.5 Å². The molecule has 0 atom stereocenters. The number of aryl methyl sites for hydroxylation is 1. The molecule has 0 aliphatic carbocycles. The third kappa shape index (κ3) is 5.05. The molecule has 2 N–H and O–H groups in total. The molecule has 3 aromatic carbocycles. The van der Waals surface area contributed by atoms with Crippen molar-refractivity contribution in [3.8, 4) is 0 Å². The fourth-order valence-corrected chi connectivity index (χ4v) is 4.86. The summed E-state index contributed by atoms with van der Waals surface area (Å²) in [6, 6.07) is 17.9. The molecule has 0 saturated heterocycles. The van der Waals surface area contributed by atoms with Crippen molar-refractivity contribution in [2.75, 3.05) is 10.0 Å². The third-order valence-corrected chi connectivity index (χ3v) is 6.65. The lowest BCUT2D eigenvalue weighted by atomic mass is 10.2. The molecular formula is C23H19ClN4O4S. The van der Waals surface area contributed by atoms with Gasteiger partial charge in [-0.2, -0.15) is 0 Å². The maximum absolute atomic E-state index is 12.9. The van der Waals surface area contributed by atoms with E-state index in [9.17, 15) is 18.0 Å². The van der Waals surface area contributed by atoms with E-state index in [1.807, 2.05) is 0 Å². The number of amides is 1. The van der Waals surface area contributed by atoms with E-state index in [2.05, 4.69) is 15.0 Å². The molecular weight excluding hydrogens is 464 g/mol. The molecule has 8 nitrogen and oxygen atoms in total. The van der Waals surface area contributed by atoms with Gasteiger partial charge in [0.15, 0.2) is 0 Å². The van der Waals surface area contributed by atoms with Crippen LogP contribution in [0.5, 0.6) is 0 Å². The number of aromatic nitrogens is 2. The number of halogens is 1. The quantitative estimate of drug-likeness (QED) is 0.434. The van der Waals surface area contributed by atoms with Gasteiger partial charge in [-0.05, 0) is 55.0 Å². The SMILES string of the molecule is Cc1ccc(NC(=O)Cn2c(=O)cnc3ccccc32)cc1S(=O)(=O)Nc1cccc(Cl)c1. The standard InChI is InChI=1S/C23H19ClN4O4S/c1-15-9-10-17(12-21(15)33(31,32)27-18-6-4-5-16(24)11-18)26-22(29)14-28-20-8-3-2-7-19(20)25-13-23(28)30/h2-13,27H,14H2,1H3,(H,26,29). The molecule has 33 heavy (non-hydrogen) atoms. The van der Waals surface area contributed by atoms with Crippen LogP contribution in [-0.4, -0.2) is 23.9 Å². The van der Waals surface area contributed by atoms with Gasteiger partial charge in [-0.1, -0.05) is 35.9 Å². The average molecular weight is 483 g/mol. The summed E-state index contributed by atoms with van der Waals surface area (Å²) in [7, 11) is -3.94. The first-order chi connectivity index (χ1) is 15.7. The number of rotatable bonds is 6. The molecule has 0 fully saturated rings. The van der Waals surface area contributed by atoms with E-state index in [4.69, 9.17) is 11.6 Å². The largest absolute Gasteiger partial charge is 0.324 e. The topological polar surface area (TPSA) is 110 Å². The first kappa shape index (κ1) is 22.5. The molecule has 1 amide bonds. The van der Waals surface area contributed by atoms with Gasteiger partial charge < -0.3 is 5.32 Å². The van der Waals surface area contributed by atoms with Crippen molar-refractivity contribution in [2.45, 2.75) is 18.4 Å². The first-order valence-electron chi connectivity index (χ1n) is 9.86. The van der Waals surface area contributed by atoms with Crippen molar-refractivity contribution < 1.29 is 13.2 Å². The summed E-state index contributed by atoms with van der Waals surface area (Å²) in [5.41, 5.74) is 1.79. The molecule has 0 aliphatic rings. The van der Waals surface area contributed by atoms with Crippen molar-refractivity contribution in [2.24, 2.45) is 0 Å². The van der Waals surface area contributed by atoms with Crippen LogP contribution in [0.1, 0.15) is 5.56 Å². The van der Waals surface area contributed by atoms with E-state index in [1.54, 1.807) is 61.5 Å². The first-order valence-corrected chi connectivity index (χ1v) is 11.7. The number of carbonyl (C=O) groups excluding carboxylic acids is 1. The molecule has 0 bridgehead atoms. The summed E-state index contributed by atoms with van der Waals surface area (Å²) in [5, 5.41) is 3.06. The van der Waals surface area contributed by atoms with E-state index in [0.717, 1.165) is 6.20 Å². The van der Waals surface area contributed by atoms with Crippen LogP contribution in [0.3, 0.4) is 0 Å². The van der Waals surface area contributed by atoms with Gasteiger partial charge in [-0.15, -0.1) is 0 Å². The summed E-state index contributed by atoms with van der Waals surface area (Å²) >= 11 is 5.94. The van der Waals surface area contributed by atoms with E-state index in [0.29, 0.717) is 27.3 Å². The highest BCUT2D eigenvalue weighted by Crippen LogP contribution is 2.24. The lowest BCUT2D eigenvalue weighted by Gasteiger charge is -2.14. The van der Waals surface area contributed by atoms with Crippen LogP contribution in [0.2, 0.25) is 5.02 Å². The Labute approximate surface area is 194 Å². The fraction of sp³-hybridized carbons (Fsp3) is 0.0870.